The van der Waals surface area contributed by atoms with Crippen molar-refractivity contribution in [1.82, 2.24) is 9.62 Å². The van der Waals surface area contributed by atoms with Crippen LogP contribution in [-0.2, 0) is 15.6 Å². The Bertz CT molecular complexity index is 908. The summed E-state index contributed by atoms with van der Waals surface area (Å²) in [4.78, 5) is 0.749. The Morgan fingerprint density at radius 2 is 2.04 bits per heavy atom. The molecular weight excluding hydrogens is 373 g/mol. The van der Waals surface area contributed by atoms with Crippen molar-refractivity contribution in [2.24, 2.45) is 0 Å². The Morgan fingerprint density at radius 1 is 1.33 bits per heavy atom. The summed E-state index contributed by atoms with van der Waals surface area (Å²) in [6.45, 7) is 1.74. The molecule has 24 heavy (non-hydrogen) atoms. The first-order valence-electron chi connectivity index (χ1n) is 6.99. The molecule has 0 unspecified atom stereocenters. The Kier molecular flexibility index (Phi) is 4.09. The van der Waals surface area contributed by atoms with Crippen molar-refractivity contribution in [3.05, 3.63) is 45.4 Å². The quantitative estimate of drug-likeness (QED) is 0.830. The Labute approximate surface area is 148 Å². The Morgan fingerprint density at radius 3 is 2.67 bits per heavy atom. The average Bonchev–Trinajstić information content (AvgIpc) is 2.94. The summed E-state index contributed by atoms with van der Waals surface area (Å²) in [6.07, 6.45) is 0. The molecule has 1 aromatic heterocycles. The highest BCUT2D eigenvalue weighted by Gasteiger charge is 2.42. The van der Waals surface area contributed by atoms with E-state index in [1.165, 1.54) is 30.5 Å². The zero-order valence-electron chi connectivity index (χ0n) is 12.9. The van der Waals surface area contributed by atoms with Gasteiger partial charge in [0.05, 0.1) is 11.3 Å². The molecule has 0 aliphatic carbocycles. The lowest BCUT2D eigenvalue weighted by Crippen LogP contribution is -2.60. The first-order chi connectivity index (χ1) is 11.1. The minimum Gasteiger partial charge on any atom is -0.344 e. The molecule has 1 saturated heterocycles. The molecular formula is C15H15ClFN3O2S2. The maximum atomic E-state index is 13.5. The summed E-state index contributed by atoms with van der Waals surface area (Å²) in [7, 11) is -2.22. The van der Waals surface area contributed by atoms with E-state index in [4.69, 9.17) is 17.0 Å². The number of nitrogens with zero attached hydrogens (tertiary/aromatic N) is 1. The number of halogens is 2. The van der Waals surface area contributed by atoms with Gasteiger partial charge in [0.2, 0.25) is 16.0 Å². The van der Waals surface area contributed by atoms with Gasteiger partial charge in [0.1, 0.15) is 5.82 Å². The van der Waals surface area contributed by atoms with E-state index >= 15 is 0 Å². The predicted molar refractivity (Wildman–Crippen MR) is 94.5 cm³/mol. The second-order valence-electron chi connectivity index (χ2n) is 5.89. The lowest BCUT2D eigenvalue weighted by Gasteiger charge is -2.39. The minimum absolute atomic E-state index is 0.164. The van der Waals surface area contributed by atoms with E-state index in [2.05, 4.69) is 5.32 Å². The van der Waals surface area contributed by atoms with Gasteiger partial charge in [-0.05, 0) is 47.7 Å². The maximum absolute atomic E-state index is 13.5. The molecule has 9 heteroatoms. The molecule has 5 nitrogen and oxygen atoms in total. The Hall–Kier alpha value is -1.64. The Balaban J connectivity index is 2.00. The monoisotopic (exact) mass is 387 g/mol. The van der Waals surface area contributed by atoms with E-state index in [9.17, 15) is 12.8 Å². The van der Waals surface area contributed by atoms with E-state index in [-0.39, 0.29) is 11.7 Å². The predicted octanol–water partition coefficient (Wildman–Crippen LogP) is 3.22. The number of guanidine groups is 1. The SMILES string of the molecule is CN1C(=N)N[C@](C)(c2cc(-c3cc(F)cc(Cl)c3)cs2)CS1(=O)=O. The van der Waals surface area contributed by atoms with Crippen LogP contribution in [0.5, 0.6) is 0 Å². The normalized spacial score (nSPS) is 23.2. The second kappa shape index (κ2) is 5.72. The minimum atomic E-state index is -3.56. The van der Waals surface area contributed by atoms with Gasteiger partial charge in [0.25, 0.3) is 0 Å². The fourth-order valence-corrected chi connectivity index (χ4v) is 5.43. The van der Waals surface area contributed by atoms with E-state index < -0.39 is 21.4 Å². The van der Waals surface area contributed by atoms with E-state index in [0.29, 0.717) is 10.6 Å². The van der Waals surface area contributed by atoms with Crippen LogP contribution in [0, 0.1) is 11.2 Å². The molecule has 0 radical (unpaired) electrons. The molecule has 2 aromatic rings. The highest BCUT2D eigenvalue weighted by molar-refractivity contribution is 7.89. The van der Waals surface area contributed by atoms with Crippen LogP contribution < -0.4 is 5.32 Å². The van der Waals surface area contributed by atoms with Gasteiger partial charge in [-0.2, -0.15) is 0 Å². The van der Waals surface area contributed by atoms with Crippen molar-refractivity contribution in [3.8, 4) is 11.1 Å². The molecule has 1 fully saturated rings. The third-order valence-electron chi connectivity index (χ3n) is 3.94. The molecule has 1 aliphatic heterocycles. The molecule has 0 amide bonds. The molecule has 0 saturated carbocycles. The first kappa shape index (κ1) is 17.2. The third-order valence-corrected chi connectivity index (χ3v) is 7.31. The van der Waals surface area contributed by atoms with Crippen LogP contribution in [0.15, 0.2) is 29.6 Å². The molecule has 0 spiro atoms. The van der Waals surface area contributed by atoms with Crippen LogP contribution in [0.25, 0.3) is 11.1 Å². The van der Waals surface area contributed by atoms with E-state index in [1.54, 1.807) is 19.1 Å². The van der Waals surface area contributed by atoms with Crippen molar-refractivity contribution in [2.75, 3.05) is 12.8 Å². The van der Waals surface area contributed by atoms with Crippen LogP contribution in [0.2, 0.25) is 5.02 Å². The maximum Gasteiger partial charge on any atom is 0.239 e. The fourth-order valence-electron chi connectivity index (χ4n) is 2.61. The third kappa shape index (κ3) is 3.01. The molecule has 1 aromatic carbocycles. The van der Waals surface area contributed by atoms with Crippen molar-refractivity contribution >= 4 is 38.9 Å². The van der Waals surface area contributed by atoms with Crippen molar-refractivity contribution in [2.45, 2.75) is 12.5 Å². The van der Waals surface area contributed by atoms with Gasteiger partial charge >= 0.3 is 0 Å². The smallest absolute Gasteiger partial charge is 0.239 e. The van der Waals surface area contributed by atoms with Crippen molar-refractivity contribution < 1.29 is 12.8 Å². The van der Waals surface area contributed by atoms with Crippen LogP contribution in [0.4, 0.5) is 4.39 Å². The number of rotatable bonds is 2. The summed E-state index contributed by atoms with van der Waals surface area (Å²) < 4.78 is 38.9. The van der Waals surface area contributed by atoms with Crippen LogP contribution in [0.1, 0.15) is 11.8 Å². The highest BCUT2D eigenvalue weighted by atomic mass is 35.5. The number of hydrogen-bond acceptors (Lipinski definition) is 4. The number of nitrogens with one attached hydrogen (secondary N) is 2. The fraction of sp³-hybridized carbons (Fsp3) is 0.267. The summed E-state index contributed by atoms with van der Waals surface area (Å²) >= 11 is 7.25. The highest BCUT2D eigenvalue weighted by Crippen LogP contribution is 2.36. The van der Waals surface area contributed by atoms with Gasteiger partial charge in [-0.15, -0.1) is 11.3 Å². The molecule has 128 valence electrons. The van der Waals surface area contributed by atoms with Crippen molar-refractivity contribution in [3.63, 3.8) is 0 Å². The van der Waals surface area contributed by atoms with Gasteiger partial charge in [0, 0.05) is 16.9 Å². The number of hydrogen-bond donors (Lipinski definition) is 2. The van der Waals surface area contributed by atoms with Gasteiger partial charge in [0.15, 0.2) is 0 Å². The standard InChI is InChI=1S/C15H15ClFN3O2S2/c1-15(8-24(21,22)20(2)14(18)19-15)13-5-10(7-23-13)9-3-11(16)6-12(17)4-9/h3-7H,8H2,1-2H3,(H2,18,19)/t15-/m0/s1. The first-order valence-corrected chi connectivity index (χ1v) is 9.86. The summed E-state index contributed by atoms with van der Waals surface area (Å²) in [5.41, 5.74) is 0.460. The molecule has 3 rings (SSSR count). The lowest BCUT2D eigenvalue weighted by molar-refractivity contribution is 0.424. The topological polar surface area (TPSA) is 73.3 Å². The second-order valence-corrected chi connectivity index (χ2v) is 9.24. The number of benzene rings is 1. The molecule has 1 atom stereocenters. The number of sulfonamides is 1. The van der Waals surface area contributed by atoms with Gasteiger partial charge in [-0.25, -0.2) is 17.1 Å². The summed E-state index contributed by atoms with van der Waals surface area (Å²) in [5.74, 6) is -0.770. The zero-order chi connectivity index (χ0) is 17.7. The largest absolute Gasteiger partial charge is 0.344 e. The van der Waals surface area contributed by atoms with Crippen LogP contribution >= 0.6 is 22.9 Å². The summed E-state index contributed by atoms with van der Waals surface area (Å²) in [6, 6.07) is 6.06. The number of thiophene rings is 1. The van der Waals surface area contributed by atoms with Gasteiger partial charge < -0.3 is 5.32 Å². The van der Waals surface area contributed by atoms with Crippen LogP contribution in [0.3, 0.4) is 0 Å². The van der Waals surface area contributed by atoms with Gasteiger partial charge in [-0.1, -0.05) is 11.6 Å². The molecule has 0 bridgehead atoms. The van der Waals surface area contributed by atoms with E-state index in [0.717, 1.165) is 14.7 Å². The molecule has 2 N–H and O–H groups in total. The van der Waals surface area contributed by atoms with Gasteiger partial charge in [-0.3, -0.25) is 5.41 Å². The lowest BCUT2D eigenvalue weighted by atomic mass is 10.0. The summed E-state index contributed by atoms with van der Waals surface area (Å²) in [5, 5.41) is 12.9. The van der Waals surface area contributed by atoms with Crippen molar-refractivity contribution in [1.29, 1.82) is 5.41 Å². The van der Waals surface area contributed by atoms with E-state index in [1.807, 2.05) is 5.38 Å². The zero-order valence-corrected chi connectivity index (χ0v) is 15.3. The van der Waals surface area contributed by atoms with Crippen LogP contribution in [-0.4, -0.2) is 31.5 Å². The molecule has 2 heterocycles. The average molecular weight is 388 g/mol. The molecule has 1 aliphatic rings.